The van der Waals surface area contributed by atoms with Gasteiger partial charge in [0.2, 0.25) is 0 Å². The average Bonchev–Trinajstić information content (AvgIpc) is 1.90. The quantitative estimate of drug-likeness (QED) is 0.824. The summed E-state index contributed by atoms with van der Waals surface area (Å²) in [6.07, 6.45) is 0. The predicted molar refractivity (Wildman–Crippen MR) is 32.4 cm³/mol. The molecule has 0 aromatic heterocycles. The Labute approximate surface area is 69.0 Å². The molecule has 2 heteroatoms. The van der Waals surface area contributed by atoms with Crippen molar-refractivity contribution in [3.63, 3.8) is 0 Å². The van der Waals surface area contributed by atoms with Crippen LogP contribution in [0.15, 0.2) is 30.3 Å². The molecule has 0 aliphatic rings. The Kier molecular flexibility index (Phi) is 4.65. The molecule has 1 rings (SSSR count). The van der Waals surface area contributed by atoms with Crippen molar-refractivity contribution in [2.75, 3.05) is 0 Å². The molecule has 9 heavy (non-hydrogen) atoms. The van der Waals surface area contributed by atoms with Gasteiger partial charge in [0, 0.05) is 21.1 Å². The Morgan fingerprint density at radius 2 is 1.67 bits per heavy atom. The fraction of sp³-hybridized carbons (Fsp3) is 0.143. The molecule has 0 saturated carbocycles. The molecule has 0 saturated heterocycles. The van der Waals surface area contributed by atoms with Crippen LogP contribution in [0.2, 0.25) is 0 Å². The molecule has 0 radical (unpaired) electrons. The molecule has 0 atom stereocenters. The van der Waals surface area contributed by atoms with Crippen molar-refractivity contribution >= 4 is 0 Å². The minimum Gasteiger partial charge on any atom is -0.392 e. The standard InChI is InChI=1S/C7H8O.W/c8-6-7-4-2-1-3-5-7;/h1-5,8H,6H2;. The third-order valence-corrected chi connectivity index (χ3v) is 1.03. The fourth-order valence-corrected chi connectivity index (χ4v) is 0.583. The summed E-state index contributed by atoms with van der Waals surface area (Å²) in [7, 11) is 0. The van der Waals surface area contributed by atoms with Gasteiger partial charge in [-0.05, 0) is 5.56 Å². The molecular formula is C7H8OW. The SMILES string of the molecule is OCc1ccccc1.[W]. The maximum atomic E-state index is 8.54. The monoisotopic (exact) mass is 292 g/mol. The number of hydrogen-bond acceptors (Lipinski definition) is 1. The van der Waals surface area contributed by atoms with E-state index in [9.17, 15) is 0 Å². The molecule has 0 unspecified atom stereocenters. The maximum absolute atomic E-state index is 8.54. The molecule has 0 amide bonds. The molecule has 1 N–H and O–H groups in total. The van der Waals surface area contributed by atoms with Crippen LogP contribution in [0.25, 0.3) is 0 Å². The summed E-state index contributed by atoms with van der Waals surface area (Å²) >= 11 is 0. The van der Waals surface area contributed by atoms with E-state index >= 15 is 0 Å². The van der Waals surface area contributed by atoms with Crippen LogP contribution < -0.4 is 0 Å². The van der Waals surface area contributed by atoms with Gasteiger partial charge in [-0.25, -0.2) is 0 Å². The fourth-order valence-electron chi connectivity index (χ4n) is 0.583. The molecule has 0 heterocycles. The third-order valence-electron chi connectivity index (χ3n) is 1.03. The summed E-state index contributed by atoms with van der Waals surface area (Å²) in [6, 6.07) is 9.52. The summed E-state index contributed by atoms with van der Waals surface area (Å²) < 4.78 is 0. The first-order valence-corrected chi connectivity index (χ1v) is 2.58. The molecule has 0 fully saturated rings. The van der Waals surface area contributed by atoms with Crippen molar-refractivity contribution in [3.8, 4) is 0 Å². The maximum Gasteiger partial charge on any atom is 0.0681 e. The molecule has 0 spiro atoms. The van der Waals surface area contributed by atoms with Crippen molar-refractivity contribution in [3.05, 3.63) is 35.9 Å². The van der Waals surface area contributed by atoms with Gasteiger partial charge in [-0.2, -0.15) is 0 Å². The Balaban J connectivity index is 0.000000640. The normalized spacial score (nSPS) is 8.11. The summed E-state index contributed by atoms with van der Waals surface area (Å²) in [5, 5.41) is 8.54. The summed E-state index contributed by atoms with van der Waals surface area (Å²) in [5.41, 5.74) is 0.965. The first-order valence-electron chi connectivity index (χ1n) is 2.58. The van der Waals surface area contributed by atoms with E-state index in [1.54, 1.807) is 0 Å². The number of hydrogen-bond donors (Lipinski definition) is 1. The predicted octanol–water partition coefficient (Wildman–Crippen LogP) is 1.18. The van der Waals surface area contributed by atoms with Crippen LogP contribution in [0.5, 0.6) is 0 Å². The van der Waals surface area contributed by atoms with Crippen molar-refractivity contribution in [1.82, 2.24) is 0 Å². The first kappa shape index (κ1) is 8.87. The van der Waals surface area contributed by atoms with Gasteiger partial charge in [-0.3, -0.25) is 0 Å². The van der Waals surface area contributed by atoms with Gasteiger partial charge in [-0.1, -0.05) is 30.3 Å². The zero-order valence-electron chi connectivity index (χ0n) is 4.95. The van der Waals surface area contributed by atoms with Gasteiger partial charge in [0.25, 0.3) is 0 Å². The third kappa shape index (κ3) is 2.78. The van der Waals surface area contributed by atoms with E-state index in [0.29, 0.717) is 0 Å². The van der Waals surface area contributed by atoms with Crippen molar-refractivity contribution < 1.29 is 26.2 Å². The number of benzene rings is 1. The van der Waals surface area contributed by atoms with Gasteiger partial charge in [0.15, 0.2) is 0 Å². The van der Waals surface area contributed by atoms with Gasteiger partial charge in [0.1, 0.15) is 0 Å². The van der Waals surface area contributed by atoms with Gasteiger partial charge >= 0.3 is 0 Å². The molecule has 0 aliphatic carbocycles. The van der Waals surface area contributed by atoms with Crippen molar-refractivity contribution in [2.24, 2.45) is 0 Å². The summed E-state index contributed by atoms with van der Waals surface area (Å²) in [4.78, 5) is 0. The van der Waals surface area contributed by atoms with Crippen LogP contribution in [0.1, 0.15) is 5.56 Å². The van der Waals surface area contributed by atoms with Crippen LogP contribution in [0.4, 0.5) is 0 Å². The van der Waals surface area contributed by atoms with E-state index in [1.165, 1.54) is 0 Å². The average molecular weight is 292 g/mol. The van der Waals surface area contributed by atoms with E-state index in [2.05, 4.69) is 0 Å². The van der Waals surface area contributed by atoms with Crippen molar-refractivity contribution in [2.45, 2.75) is 6.61 Å². The first-order chi connectivity index (χ1) is 3.93. The Morgan fingerprint density at radius 1 is 1.11 bits per heavy atom. The van der Waals surface area contributed by atoms with Crippen LogP contribution in [-0.2, 0) is 27.7 Å². The smallest absolute Gasteiger partial charge is 0.0681 e. The zero-order chi connectivity index (χ0) is 5.82. The minimum absolute atomic E-state index is 0. The van der Waals surface area contributed by atoms with Gasteiger partial charge < -0.3 is 5.11 Å². The van der Waals surface area contributed by atoms with Crippen LogP contribution in [-0.4, -0.2) is 5.11 Å². The second-order valence-electron chi connectivity index (χ2n) is 1.64. The van der Waals surface area contributed by atoms with Crippen LogP contribution in [0.3, 0.4) is 0 Å². The second kappa shape index (κ2) is 4.72. The van der Waals surface area contributed by atoms with Crippen LogP contribution in [0, 0.1) is 0 Å². The van der Waals surface area contributed by atoms with Crippen LogP contribution >= 0.6 is 0 Å². The minimum atomic E-state index is 0. The zero-order valence-corrected chi connectivity index (χ0v) is 7.88. The van der Waals surface area contributed by atoms with E-state index in [0.717, 1.165) is 5.56 Å². The van der Waals surface area contributed by atoms with Gasteiger partial charge in [-0.15, -0.1) is 0 Å². The van der Waals surface area contributed by atoms with Gasteiger partial charge in [0.05, 0.1) is 6.61 Å². The Morgan fingerprint density at radius 3 is 2.00 bits per heavy atom. The van der Waals surface area contributed by atoms with E-state index in [4.69, 9.17) is 5.11 Å². The molecule has 48 valence electrons. The number of rotatable bonds is 1. The number of aliphatic hydroxyl groups is 1. The molecule has 0 aliphatic heterocycles. The summed E-state index contributed by atoms with van der Waals surface area (Å²) in [5.74, 6) is 0. The molecule has 1 aromatic rings. The molecule has 1 nitrogen and oxygen atoms in total. The second-order valence-corrected chi connectivity index (χ2v) is 1.64. The molecule has 0 bridgehead atoms. The molecular weight excluding hydrogens is 284 g/mol. The van der Waals surface area contributed by atoms with E-state index in [1.807, 2.05) is 30.3 Å². The topological polar surface area (TPSA) is 20.2 Å². The molecule has 1 aromatic carbocycles. The van der Waals surface area contributed by atoms with E-state index in [-0.39, 0.29) is 27.7 Å². The Bertz CT molecular complexity index is 150. The summed E-state index contributed by atoms with van der Waals surface area (Å²) in [6.45, 7) is 0.140. The van der Waals surface area contributed by atoms with Crippen molar-refractivity contribution in [1.29, 1.82) is 0 Å². The number of aliphatic hydroxyl groups excluding tert-OH is 1. The largest absolute Gasteiger partial charge is 0.392 e. The van der Waals surface area contributed by atoms with E-state index < -0.39 is 0 Å². The Hall–Kier alpha value is -0.132.